The molecule has 0 fully saturated rings. The molecule has 1 aromatic carbocycles. The van der Waals surface area contributed by atoms with Gasteiger partial charge >= 0.3 is 5.97 Å². The van der Waals surface area contributed by atoms with Crippen LogP contribution in [-0.4, -0.2) is 27.5 Å². The number of aromatic nitrogens is 2. The van der Waals surface area contributed by atoms with Crippen molar-refractivity contribution in [1.29, 1.82) is 0 Å². The van der Waals surface area contributed by atoms with E-state index in [2.05, 4.69) is 10.4 Å². The fourth-order valence-corrected chi connectivity index (χ4v) is 3.30. The molecule has 2 aromatic rings. The molecule has 0 spiro atoms. The van der Waals surface area contributed by atoms with Gasteiger partial charge in [0.15, 0.2) is 5.11 Å². The Morgan fingerprint density at radius 2 is 2.08 bits per heavy atom. The third-order valence-electron chi connectivity index (χ3n) is 4.05. The van der Waals surface area contributed by atoms with Gasteiger partial charge in [-0.2, -0.15) is 5.10 Å². The second-order valence-corrected chi connectivity index (χ2v) is 6.11. The molecule has 6 nitrogen and oxygen atoms in total. The molecule has 7 heteroatoms. The van der Waals surface area contributed by atoms with E-state index in [-0.39, 0.29) is 12.0 Å². The molecule has 0 amide bonds. The highest BCUT2D eigenvalue weighted by molar-refractivity contribution is 7.80. The minimum absolute atomic E-state index is 0.311. The molecule has 1 aliphatic rings. The van der Waals surface area contributed by atoms with Crippen LogP contribution < -0.4 is 10.2 Å². The van der Waals surface area contributed by atoms with E-state index in [1.165, 1.54) is 0 Å². The molecule has 0 aliphatic carbocycles. The second kappa shape index (κ2) is 7.06. The van der Waals surface area contributed by atoms with Crippen molar-refractivity contribution in [3.63, 3.8) is 0 Å². The number of thiocarbonyl (C=S) groups is 1. The summed E-state index contributed by atoms with van der Waals surface area (Å²) in [4.78, 5) is 14.5. The highest BCUT2D eigenvalue weighted by atomic mass is 32.1. The van der Waals surface area contributed by atoms with Crippen molar-refractivity contribution in [2.24, 2.45) is 7.05 Å². The van der Waals surface area contributed by atoms with Gasteiger partial charge in [0.1, 0.15) is 0 Å². The quantitative estimate of drug-likeness (QED) is 0.671. The normalized spacial score (nSPS) is 17.5. The average molecular weight is 356 g/mol. The summed E-state index contributed by atoms with van der Waals surface area (Å²) in [5, 5.41) is 8.00. The van der Waals surface area contributed by atoms with Crippen molar-refractivity contribution in [3.05, 3.63) is 59.6 Å². The molecule has 1 atom stereocenters. The van der Waals surface area contributed by atoms with Crippen LogP contribution in [0.4, 0.5) is 5.69 Å². The molecule has 130 valence electrons. The molecule has 2 heterocycles. The predicted molar refractivity (Wildman–Crippen MR) is 99.9 cm³/mol. The first-order valence-electron chi connectivity index (χ1n) is 8.05. The number of nitrogens with zero attached hydrogens (tertiary/aromatic N) is 3. The monoisotopic (exact) mass is 356 g/mol. The molecule has 3 rings (SSSR count). The molecule has 1 aliphatic heterocycles. The van der Waals surface area contributed by atoms with Crippen molar-refractivity contribution in [3.8, 4) is 0 Å². The molecule has 0 saturated heterocycles. The van der Waals surface area contributed by atoms with Crippen molar-refractivity contribution >= 4 is 29.0 Å². The van der Waals surface area contributed by atoms with Gasteiger partial charge in [0.05, 0.1) is 24.4 Å². The Kier molecular flexibility index (Phi) is 4.85. The Morgan fingerprint density at radius 1 is 1.36 bits per heavy atom. The maximum Gasteiger partial charge on any atom is 0.338 e. The lowest BCUT2D eigenvalue weighted by Crippen LogP contribution is -2.48. The number of nitrogens with one attached hydrogen (secondary N) is 1. The fourth-order valence-electron chi connectivity index (χ4n) is 2.94. The number of hydrogen-bond donors (Lipinski definition) is 1. The summed E-state index contributed by atoms with van der Waals surface area (Å²) < 4.78 is 6.99. The summed E-state index contributed by atoms with van der Waals surface area (Å²) in [6.07, 6.45) is 3.59. The molecule has 0 radical (unpaired) electrons. The van der Waals surface area contributed by atoms with Crippen molar-refractivity contribution in [1.82, 2.24) is 15.1 Å². The first-order valence-corrected chi connectivity index (χ1v) is 8.45. The predicted octanol–water partition coefficient (Wildman–Crippen LogP) is 2.69. The fraction of sp³-hybridized carbons (Fsp3) is 0.278. The van der Waals surface area contributed by atoms with Crippen LogP contribution in [0.5, 0.6) is 0 Å². The van der Waals surface area contributed by atoms with E-state index < -0.39 is 0 Å². The molecule has 0 saturated carbocycles. The number of carbonyl (C=O) groups excluding carboxylic acids is 1. The number of para-hydroxylation sites is 1. The second-order valence-electron chi connectivity index (χ2n) is 5.72. The third-order valence-corrected chi connectivity index (χ3v) is 4.35. The highest BCUT2D eigenvalue weighted by Crippen LogP contribution is 2.33. The van der Waals surface area contributed by atoms with Gasteiger partial charge < -0.3 is 10.1 Å². The Labute approximate surface area is 152 Å². The van der Waals surface area contributed by atoms with Crippen molar-refractivity contribution in [2.45, 2.75) is 19.9 Å². The van der Waals surface area contributed by atoms with Crippen LogP contribution >= 0.6 is 12.2 Å². The van der Waals surface area contributed by atoms with Crippen LogP contribution in [0, 0.1) is 0 Å². The number of hydrogen-bond acceptors (Lipinski definition) is 4. The Bertz CT molecular complexity index is 829. The van der Waals surface area contributed by atoms with Crippen LogP contribution in [0.3, 0.4) is 0 Å². The lowest BCUT2D eigenvalue weighted by Gasteiger charge is -2.37. The Hall–Kier alpha value is -2.67. The van der Waals surface area contributed by atoms with E-state index in [1.807, 2.05) is 55.4 Å². The van der Waals surface area contributed by atoms with Gasteiger partial charge in [-0.25, -0.2) is 4.79 Å². The lowest BCUT2D eigenvalue weighted by molar-refractivity contribution is -0.139. The van der Waals surface area contributed by atoms with E-state index in [1.54, 1.807) is 17.8 Å². The van der Waals surface area contributed by atoms with E-state index >= 15 is 0 Å². The molecule has 1 unspecified atom stereocenters. The Balaban J connectivity index is 2.11. The van der Waals surface area contributed by atoms with E-state index in [4.69, 9.17) is 17.0 Å². The van der Waals surface area contributed by atoms with Crippen molar-refractivity contribution in [2.75, 3.05) is 11.5 Å². The molecular formula is C18H20N4O2S. The smallest absolute Gasteiger partial charge is 0.338 e. The van der Waals surface area contributed by atoms with Gasteiger partial charge in [0.2, 0.25) is 0 Å². The number of aryl methyl sites for hydroxylation is 1. The first kappa shape index (κ1) is 17.2. The summed E-state index contributed by atoms with van der Waals surface area (Å²) in [6, 6.07) is 9.31. The summed E-state index contributed by atoms with van der Waals surface area (Å²) in [5.74, 6) is -0.357. The number of ether oxygens (including phenoxy) is 1. The van der Waals surface area contributed by atoms with Crippen LogP contribution in [0.25, 0.3) is 0 Å². The van der Waals surface area contributed by atoms with Gasteiger partial charge in [-0.15, -0.1) is 0 Å². The molecule has 1 aromatic heterocycles. The average Bonchev–Trinajstić information content (AvgIpc) is 3.02. The van der Waals surface area contributed by atoms with E-state index in [0.29, 0.717) is 17.3 Å². The third kappa shape index (κ3) is 3.28. The summed E-state index contributed by atoms with van der Waals surface area (Å²) in [7, 11) is 1.83. The molecule has 0 bridgehead atoms. The number of rotatable bonds is 4. The number of carbonyl (C=O) groups is 1. The number of benzene rings is 1. The van der Waals surface area contributed by atoms with Crippen LogP contribution in [0.2, 0.25) is 0 Å². The SMILES string of the molecule is CCOC(=O)C1=C(C)N(c2ccccc2)C(=S)NC1c1cnn(C)c1. The summed E-state index contributed by atoms with van der Waals surface area (Å²) in [6.45, 7) is 3.99. The first-order chi connectivity index (χ1) is 12.0. The number of allylic oxidation sites excluding steroid dienone is 1. The standard InChI is InChI=1S/C18H20N4O2S/c1-4-24-17(23)15-12(2)22(14-8-6-5-7-9-14)18(25)20-16(15)13-10-19-21(3)11-13/h5-11,16H,4H2,1-3H3,(H,20,25). The topological polar surface area (TPSA) is 59.4 Å². The lowest BCUT2D eigenvalue weighted by atomic mass is 9.97. The number of anilines is 1. The zero-order valence-corrected chi connectivity index (χ0v) is 15.2. The van der Waals surface area contributed by atoms with Gasteiger partial charge in [-0.05, 0) is 38.2 Å². The van der Waals surface area contributed by atoms with Crippen LogP contribution in [0.1, 0.15) is 25.5 Å². The zero-order chi connectivity index (χ0) is 18.0. The molecule has 25 heavy (non-hydrogen) atoms. The van der Waals surface area contributed by atoms with Gasteiger partial charge in [-0.1, -0.05) is 18.2 Å². The summed E-state index contributed by atoms with van der Waals surface area (Å²) >= 11 is 5.58. The minimum Gasteiger partial charge on any atom is -0.463 e. The van der Waals surface area contributed by atoms with E-state index in [0.717, 1.165) is 16.9 Å². The highest BCUT2D eigenvalue weighted by Gasteiger charge is 2.35. The maximum atomic E-state index is 12.7. The maximum absolute atomic E-state index is 12.7. The van der Waals surface area contributed by atoms with Crippen LogP contribution in [0.15, 0.2) is 54.0 Å². The summed E-state index contributed by atoms with van der Waals surface area (Å²) in [5.41, 5.74) is 3.04. The van der Waals surface area contributed by atoms with Crippen LogP contribution in [-0.2, 0) is 16.6 Å². The zero-order valence-electron chi connectivity index (χ0n) is 14.4. The van der Waals surface area contributed by atoms with Gasteiger partial charge in [0, 0.05) is 30.2 Å². The number of esters is 1. The largest absolute Gasteiger partial charge is 0.463 e. The van der Waals surface area contributed by atoms with E-state index in [9.17, 15) is 4.79 Å². The minimum atomic E-state index is -0.389. The van der Waals surface area contributed by atoms with Gasteiger partial charge in [0.25, 0.3) is 0 Å². The van der Waals surface area contributed by atoms with Crippen molar-refractivity contribution < 1.29 is 9.53 Å². The molecular weight excluding hydrogens is 336 g/mol. The van der Waals surface area contributed by atoms with Gasteiger partial charge in [-0.3, -0.25) is 9.58 Å². The molecule has 1 N–H and O–H groups in total. The Morgan fingerprint density at radius 3 is 2.68 bits per heavy atom.